The molecule has 110 valence electrons. The molecule has 0 unspecified atom stereocenters. The Labute approximate surface area is 120 Å². The first-order valence-corrected chi connectivity index (χ1v) is 7.11. The van der Waals surface area contributed by atoms with Crippen LogP contribution >= 0.6 is 0 Å². The van der Waals surface area contributed by atoms with Crippen molar-refractivity contribution in [1.82, 2.24) is 0 Å². The van der Waals surface area contributed by atoms with Crippen molar-refractivity contribution >= 4 is 5.97 Å². The number of methoxy groups -OCH3 is 1. The minimum atomic E-state index is -0.668. The minimum absolute atomic E-state index is 0.301. The average Bonchev–Trinajstić information content (AvgIpc) is 2.87. The quantitative estimate of drug-likeness (QED) is 0.777. The molecule has 1 aliphatic heterocycles. The van der Waals surface area contributed by atoms with Gasteiger partial charge in [-0.05, 0) is 18.4 Å². The monoisotopic (exact) mass is 278 g/mol. The number of benzene rings is 1. The van der Waals surface area contributed by atoms with E-state index in [1.165, 1.54) is 7.11 Å². The molecule has 0 amide bonds. The molecule has 1 aromatic rings. The van der Waals surface area contributed by atoms with Crippen molar-refractivity contribution in [2.24, 2.45) is 0 Å². The lowest BCUT2D eigenvalue weighted by Crippen LogP contribution is -2.34. The second-order valence-corrected chi connectivity index (χ2v) is 5.03. The van der Waals surface area contributed by atoms with Crippen LogP contribution in [0.25, 0.3) is 0 Å². The van der Waals surface area contributed by atoms with E-state index in [1.807, 2.05) is 44.2 Å². The fraction of sp³-hybridized carbons (Fsp3) is 0.562. The van der Waals surface area contributed by atoms with Crippen molar-refractivity contribution in [3.63, 3.8) is 0 Å². The summed E-state index contributed by atoms with van der Waals surface area (Å²) < 4.78 is 16.8. The third-order valence-corrected chi connectivity index (χ3v) is 3.84. The SMILES string of the molecule is CCC1(CC)O[C@@H](Cc2ccccc2)[C@@H](C(=O)OC)O1. The molecule has 2 atom stereocenters. The summed E-state index contributed by atoms with van der Waals surface area (Å²) in [5, 5.41) is 0. The predicted molar refractivity (Wildman–Crippen MR) is 75.2 cm³/mol. The second-order valence-electron chi connectivity index (χ2n) is 5.03. The first-order valence-electron chi connectivity index (χ1n) is 7.11. The Bertz CT molecular complexity index is 439. The van der Waals surface area contributed by atoms with E-state index in [9.17, 15) is 4.79 Å². The molecule has 0 bridgehead atoms. The molecule has 1 aromatic carbocycles. The van der Waals surface area contributed by atoms with Crippen molar-refractivity contribution in [3.05, 3.63) is 35.9 Å². The normalized spacial score (nSPS) is 24.6. The number of rotatable bonds is 5. The highest BCUT2D eigenvalue weighted by molar-refractivity contribution is 5.75. The summed E-state index contributed by atoms with van der Waals surface area (Å²) in [6.07, 6.45) is 1.11. The van der Waals surface area contributed by atoms with Gasteiger partial charge in [0, 0.05) is 6.42 Å². The Morgan fingerprint density at radius 3 is 2.40 bits per heavy atom. The van der Waals surface area contributed by atoms with Crippen molar-refractivity contribution in [3.8, 4) is 0 Å². The van der Waals surface area contributed by atoms with Crippen LogP contribution in [0.15, 0.2) is 30.3 Å². The van der Waals surface area contributed by atoms with E-state index in [-0.39, 0.29) is 12.1 Å². The molecule has 0 N–H and O–H groups in total. The molecule has 0 aromatic heterocycles. The zero-order valence-electron chi connectivity index (χ0n) is 12.3. The first kappa shape index (κ1) is 15.0. The Morgan fingerprint density at radius 2 is 1.85 bits per heavy atom. The maximum atomic E-state index is 11.9. The van der Waals surface area contributed by atoms with Gasteiger partial charge in [-0.2, -0.15) is 0 Å². The summed E-state index contributed by atoms with van der Waals surface area (Å²) in [6, 6.07) is 9.97. The largest absolute Gasteiger partial charge is 0.467 e. The van der Waals surface area contributed by atoms with Gasteiger partial charge in [-0.15, -0.1) is 0 Å². The third kappa shape index (κ3) is 3.02. The van der Waals surface area contributed by atoms with Gasteiger partial charge in [0.2, 0.25) is 0 Å². The first-order chi connectivity index (χ1) is 9.64. The van der Waals surface area contributed by atoms with Crippen molar-refractivity contribution in [1.29, 1.82) is 0 Å². The molecule has 1 aliphatic rings. The Morgan fingerprint density at radius 1 is 1.20 bits per heavy atom. The lowest BCUT2D eigenvalue weighted by Gasteiger charge is -2.24. The van der Waals surface area contributed by atoms with E-state index in [0.29, 0.717) is 19.3 Å². The van der Waals surface area contributed by atoms with Gasteiger partial charge in [0.1, 0.15) is 6.10 Å². The maximum Gasteiger partial charge on any atom is 0.337 e. The van der Waals surface area contributed by atoms with Gasteiger partial charge < -0.3 is 14.2 Å². The number of hydrogen-bond donors (Lipinski definition) is 0. The Hall–Kier alpha value is -1.39. The maximum absolute atomic E-state index is 11.9. The summed E-state index contributed by atoms with van der Waals surface area (Å²) in [5.41, 5.74) is 1.12. The molecule has 0 aliphatic carbocycles. The van der Waals surface area contributed by atoms with Crippen LogP contribution in [0.5, 0.6) is 0 Å². The smallest absolute Gasteiger partial charge is 0.337 e. The van der Waals surface area contributed by atoms with E-state index < -0.39 is 11.9 Å². The Kier molecular flexibility index (Phi) is 4.78. The number of hydrogen-bond acceptors (Lipinski definition) is 4. The highest BCUT2D eigenvalue weighted by Crippen LogP contribution is 2.36. The average molecular weight is 278 g/mol. The summed E-state index contributed by atoms with van der Waals surface area (Å²) in [4.78, 5) is 11.9. The summed E-state index contributed by atoms with van der Waals surface area (Å²) in [6.45, 7) is 4.01. The summed E-state index contributed by atoms with van der Waals surface area (Å²) in [5.74, 6) is -1.03. The van der Waals surface area contributed by atoms with E-state index in [0.717, 1.165) is 5.56 Å². The molecular formula is C16H22O4. The van der Waals surface area contributed by atoms with Crippen LogP contribution in [0.4, 0.5) is 0 Å². The van der Waals surface area contributed by atoms with Gasteiger partial charge in [-0.1, -0.05) is 44.2 Å². The van der Waals surface area contributed by atoms with Crippen LogP contribution in [0, 0.1) is 0 Å². The molecule has 4 nitrogen and oxygen atoms in total. The van der Waals surface area contributed by atoms with Gasteiger partial charge >= 0.3 is 5.97 Å². The lowest BCUT2D eigenvalue weighted by atomic mass is 10.0. The molecule has 4 heteroatoms. The highest BCUT2D eigenvalue weighted by Gasteiger charge is 2.48. The van der Waals surface area contributed by atoms with Crippen LogP contribution in [-0.2, 0) is 25.4 Å². The standard InChI is InChI=1S/C16H22O4/c1-4-16(5-2)19-13(14(20-16)15(17)18-3)11-12-9-7-6-8-10-12/h6-10,13-14H,4-5,11H2,1-3H3/t13-,14-/m0/s1. The van der Waals surface area contributed by atoms with Gasteiger partial charge in [0.25, 0.3) is 0 Å². The van der Waals surface area contributed by atoms with Gasteiger partial charge in [-0.25, -0.2) is 4.79 Å². The van der Waals surface area contributed by atoms with Crippen LogP contribution in [-0.4, -0.2) is 31.1 Å². The predicted octanol–water partition coefficient (Wildman–Crippen LogP) is 2.70. The Balaban J connectivity index is 2.17. The van der Waals surface area contributed by atoms with Gasteiger partial charge in [-0.3, -0.25) is 0 Å². The molecular weight excluding hydrogens is 256 g/mol. The molecule has 0 radical (unpaired) electrons. The molecule has 2 rings (SSSR count). The zero-order valence-corrected chi connectivity index (χ0v) is 12.3. The lowest BCUT2D eigenvalue weighted by molar-refractivity contribution is -0.187. The minimum Gasteiger partial charge on any atom is -0.467 e. The fourth-order valence-corrected chi connectivity index (χ4v) is 2.57. The van der Waals surface area contributed by atoms with E-state index in [2.05, 4.69) is 0 Å². The topological polar surface area (TPSA) is 44.8 Å². The number of carbonyl (C=O) groups excluding carboxylic acids is 1. The van der Waals surface area contributed by atoms with E-state index >= 15 is 0 Å². The molecule has 0 saturated carbocycles. The number of carbonyl (C=O) groups is 1. The molecule has 1 heterocycles. The van der Waals surface area contributed by atoms with Crippen molar-refractivity contribution in [2.75, 3.05) is 7.11 Å². The van der Waals surface area contributed by atoms with Crippen molar-refractivity contribution < 1.29 is 19.0 Å². The van der Waals surface area contributed by atoms with Gasteiger partial charge in [0.15, 0.2) is 11.9 Å². The highest BCUT2D eigenvalue weighted by atomic mass is 16.8. The van der Waals surface area contributed by atoms with E-state index in [4.69, 9.17) is 14.2 Å². The molecule has 0 spiro atoms. The fourth-order valence-electron chi connectivity index (χ4n) is 2.57. The zero-order chi connectivity index (χ0) is 14.6. The van der Waals surface area contributed by atoms with E-state index in [1.54, 1.807) is 0 Å². The molecule has 1 saturated heterocycles. The molecule has 20 heavy (non-hydrogen) atoms. The number of ether oxygens (including phenoxy) is 3. The third-order valence-electron chi connectivity index (χ3n) is 3.84. The second kappa shape index (κ2) is 6.37. The molecule has 1 fully saturated rings. The van der Waals surface area contributed by atoms with Gasteiger partial charge in [0.05, 0.1) is 7.11 Å². The van der Waals surface area contributed by atoms with Crippen LogP contribution < -0.4 is 0 Å². The summed E-state index contributed by atoms with van der Waals surface area (Å²) in [7, 11) is 1.38. The number of esters is 1. The van der Waals surface area contributed by atoms with Crippen LogP contribution in [0.1, 0.15) is 32.3 Å². The van der Waals surface area contributed by atoms with Crippen LogP contribution in [0.3, 0.4) is 0 Å². The van der Waals surface area contributed by atoms with Crippen molar-refractivity contribution in [2.45, 2.75) is 51.1 Å². The summed E-state index contributed by atoms with van der Waals surface area (Å²) >= 11 is 0. The van der Waals surface area contributed by atoms with Crippen LogP contribution in [0.2, 0.25) is 0 Å².